The number of benzene rings is 2. The van der Waals surface area contributed by atoms with Crippen LogP contribution < -0.4 is 20.7 Å². The third kappa shape index (κ3) is 9.57. The maximum atomic E-state index is 14.1. The number of rotatable bonds is 15. The van der Waals surface area contributed by atoms with Gasteiger partial charge in [-0.15, -0.1) is 0 Å². The molecule has 4 N–H and O–H groups in total. The summed E-state index contributed by atoms with van der Waals surface area (Å²) in [6.45, 7) is 5.99. The number of nitrogens with one attached hydrogen (secondary N) is 3. The highest BCUT2D eigenvalue weighted by Crippen LogP contribution is 2.44. The molecule has 9 nitrogen and oxygen atoms in total. The van der Waals surface area contributed by atoms with Gasteiger partial charge in [-0.25, -0.2) is 4.79 Å². The molecule has 2 aromatic rings. The van der Waals surface area contributed by atoms with Crippen LogP contribution >= 0.6 is 0 Å². The molecule has 0 radical (unpaired) electrons. The standard InChI is InChI=1S/C33H39F3N4O5/c1-4-44-32(43)29-22(3)40-21(2)28(30(29)25-13-7-8-14-26(25)33(34,35)36)31(42)39-17-11-5-10-16-38-19-24(41)20-45-27-15-9-6-12-23(27)18-37/h6-9,12-15,24,30,38,40-41H,4-5,10-11,16-17,19-20H2,1-3H3,(H,39,42). The zero-order valence-electron chi connectivity index (χ0n) is 25.6. The highest BCUT2D eigenvalue weighted by atomic mass is 19.4. The normalized spacial score (nSPS) is 15.6. The van der Waals surface area contributed by atoms with E-state index in [0.29, 0.717) is 42.2 Å². The molecule has 0 saturated heterocycles. The predicted molar refractivity (Wildman–Crippen MR) is 162 cm³/mol. The third-order valence-corrected chi connectivity index (χ3v) is 7.21. The van der Waals surface area contributed by atoms with Gasteiger partial charge in [0.1, 0.15) is 24.5 Å². The first-order chi connectivity index (χ1) is 21.5. The fourth-order valence-electron chi connectivity index (χ4n) is 5.14. The van der Waals surface area contributed by atoms with Crippen molar-refractivity contribution in [2.75, 3.05) is 32.8 Å². The Morgan fingerprint density at radius 1 is 1.02 bits per heavy atom. The van der Waals surface area contributed by atoms with Crippen molar-refractivity contribution in [2.24, 2.45) is 0 Å². The summed E-state index contributed by atoms with van der Waals surface area (Å²) in [5.74, 6) is -2.24. The lowest BCUT2D eigenvalue weighted by atomic mass is 9.78. The largest absolute Gasteiger partial charge is 0.489 e. The van der Waals surface area contributed by atoms with Crippen molar-refractivity contribution in [3.63, 3.8) is 0 Å². The number of alkyl halides is 3. The van der Waals surface area contributed by atoms with Crippen molar-refractivity contribution >= 4 is 11.9 Å². The molecule has 0 saturated carbocycles. The van der Waals surface area contributed by atoms with Crippen LogP contribution in [-0.4, -0.2) is 55.9 Å². The summed E-state index contributed by atoms with van der Waals surface area (Å²) < 4.78 is 52.9. The lowest BCUT2D eigenvalue weighted by Crippen LogP contribution is -2.37. The molecule has 2 atom stereocenters. The second-order valence-electron chi connectivity index (χ2n) is 10.5. The molecule has 1 amide bonds. The minimum atomic E-state index is -4.70. The number of dihydropyridines is 1. The molecule has 0 aromatic heterocycles. The Morgan fingerprint density at radius 2 is 1.69 bits per heavy atom. The van der Waals surface area contributed by atoms with Crippen molar-refractivity contribution < 1.29 is 37.3 Å². The number of amides is 1. The summed E-state index contributed by atoms with van der Waals surface area (Å²) in [5.41, 5.74) is -0.0907. The van der Waals surface area contributed by atoms with Gasteiger partial charge in [-0.3, -0.25) is 4.79 Å². The predicted octanol–water partition coefficient (Wildman–Crippen LogP) is 4.69. The van der Waals surface area contributed by atoms with Gasteiger partial charge in [-0.05, 0) is 63.9 Å². The second-order valence-corrected chi connectivity index (χ2v) is 10.5. The Labute approximate surface area is 261 Å². The van der Waals surface area contributed by atoms with Gasteiger partial charge >= 0.3 is 12.1 Å². The minimum Gasteiger partial charge on any atom is -0.489 e. The van der Waals surface area contributed by atoms with E-state index in [1.807, 2.05) is 6.07 Å². The van der Waals surface area contributed by atoms with Gasteiger partial charge in [0.2, 0.25) is 5.91 Å². The van der Waals surface area contributed by atoms with Crippen LogP contribution in [-0.2, 0) is 20.5 Å². The summed E-state index contributed by atoms with van der Waals surface area (Å²) in [4.78, 5) is 26.5. The van der Waals surface area contributed by atoms with Crippen molar-refractivity contribution in [1.82, 2.24) is 16.0 Å². The van der Waals surface area contributed by atoms with E-state index in [4.69, 9.17) is 14.7 Å². The summed E-state index contributed by atoms with van der Waals surface area (Å²) in [6, 6.07) is 13.8. The van der Waals surface area contributed by atoms with E-state index in [0.717, 1.165) is 18.9 Å². The molecule has 1 heterocycles. The topological polar surface area (TPSA) is 133 Å². The van der Waals surface area contributed by atoms with Crippen LogP contribution in [0.2, 0.25) is 0 Å². The average molecular weight is 629 g/mol. The van der Waals surface area contributed by atoms with Crippen molar-refractivity contribution in [2.45, 2.75) is 58.2 Å². The summed E-state index contributed by atoms with van der Waals surface area (Å²) >= 11 is 0. The van der Waals surface area contributed by atoms with Gasteiger partial charge in [0, 0.05) is 30.1 Å². The summed E-state index contributed by atoms with van der Waals surface area (Å²) in [6.07, 6.45) is -3.39. The molecule has 12 heteroatoms. The number of carbonyl (C=O) groups excluding carboxylic acids is 2. The summed E-state index contributed by atoms with van der Waals surface area (Å²) in [7, 11) is 0. The molecule has 3 rings (SSSR count). The Hall–Kier alpha value is -4.34. The number of hydrogen-bond acceptors (Lipinski definition) is 8. The first-order valence-electron chi connectivity index (χ1n) is 14.8. The zero-order valence-corrected chi connectivity index (χ0v) is 25.6. The highest BCUT2D eigenvalue weighted by molar-refractivity contribution is 6.02. The van der Waals surface area contributed by atoms with E-state index in [9.17, 15) is 27.9 Å². The molecule has 2 unspecified atom stereocenters. The third-order valence-electron chi connectivity index (χ3n) is 7.21. The van der Waals surface area contributed by atoms with Crippen molar-refractivity contribution in [3.8, 4) is 11.8 Å². The molecule has 0 spiro atoms. The monoisotopic (exact) mass is 628 g/mol. The number of allylic oxidation sites excluding steroid dienone is 2. The second kappa shape index (κ2) is 16.7. The highest BCUT2D eigenvalue weighted by Gasteiger charge is 2.42. The first kappa shape index (κ1) is 35.1. The van der Waals surface area contributed by atoms with E-state index >= 15 is 0 Å². The van der Waals surface area contributed by atoms with Crippen LogP contribution in [0.15, 0.2) is 71.1 Å². The summed E-state index contributed by atoms with van der Waals surface area (Å²) in [5, 5.41) is 28.2. The number of para-hydroxylation sites is 1. The number of aliphatic hydroxyl groups excluding tert-OH is 1. The Morgan fingerprint density at radius 3 is 2.40 bits per heavy atom. The maximum Gasteiger partial charge on any atom is 0.416 e. The SMILES string of the molecule is CCOC(=O)C1=C(C)NC(C)=C(C(=O)NCCCCCNCC(O)COc2ccccc2C#N)C1c1ccccc1C(F)(F)F. The molecule has 45 heavy (non-hydrogen) atoms. The van der Waals surface area contributed by atoms with Gasteiger partial charge in [-0.1, -0.05) is 36.8 Å². The number of aliphatic hydroxyl groups is 1. The molecule has 1 aliphatic rings. The van der Waals surface area contributed by atoms with E-state index < -0.39 is 35.6 Å². The fraction of sp³-hybridized carbons (Fsp3) is 0.424. The van der Waals surface area contributed by atoms with Gasteiger partial charge < -0.3 is 30.5 Å². The molecule has 0 bridgehead atoms. The van der Waals surface area contributed by atoms with Crippen LogP contribution in [0.25, 0.3) is 0 Å². The number of ether oxygens (including phenoxy) is 2. The molecule has 0 fully saturated rings. The lowest BCUT2D eigenvalue weighted by molar-refractivity contribution is -0.140. The Bertz CT molecular complexity index is 1450. The van der Waals surface area contributed by atoms with Crippen LogP contribution in [0, 0.1) is 11.3 Å². The zero-order chi connectivity index (χ0) is 33.0. The number of halogens is 3. The van der Waals surface area contributed by atoms with Crippen LogP contribution in [0.4, 0.5) is 13.2 Å². The molecular weight excluding hydrogens is 589 g/mol. The number of unbranched alkanes of at least 4 members (excludes halogenated alkanes) is 2. The van der Waals surface area contributed by atoms with Crippen molar-refractivity contribution in [1.29, 1.82) is 5.26 Å². The molecule has 0 aliphatic carbocycles. The van der Waals surface area contributed by atoms with Crippen LogP contribution in [0.3, 0.4) is 0 Å². The number of hydrogen-bond donors (Lipinski definition) is 4. The quantitative estimate of drug-likeness (QED) is 0.165. The molecule has 2 aromatic carbocycles. The lowest BCUT2D eigenvalue weighted by Gasteiger charge is -2.32. The van der Waals surface area contributed by atoms with E-state index in [1.54, 1.807) is 45.0 Å². The minimum absolute atomic E-state index is 0.0198. The van der Waals surface area contributed by atoms with E-state index in [-0.39, 0.29) is 36.5 Å². The van der Waals surface area contributed by atoms with Gasteiger partial charge in [0.15, 0.2) is 0 Å². The molecule has 242 valence electrons. The molecule has 1 aliphatic heterocycles. The van der Waals surface area contributed by atoms with E-state index in [1.165, 1.54) is 18.2 Å². The van der Waals surface area contributed by atoms with E-state index in [2.05, 4.69) is 16.0 Å². The number of nitriles is 1. The molecular formula is C33H39F3N4O5. The van der Waals surface area contributed by atoms with Gasteiger partial charge in [0.05, 0.1) is 29.2 Å². The van der Waals surface area contributed by atoms with Crippen LogP contribution in [0.5, 0.6) is 5.75 Å². The van der Waals surface area contributed by atoms with Gasteiger partial charge in [0.25, 0.3) is 0 Å². The number of esters is 1. The first-order valence-corrected chi connectivity index (χ1v) is 14.8. The van der Waals surface area contributed by atoms with Gasteiger partial charge in [-0.2, -0.15) is 18.4 Å². The Kier molecular flexibility index (Phi) is 13.0. The number of carbonyl (C=O) groups is 2. The maximum absolute atomic E-state index is 14.1. The average Bonchev–Trinajstić information content (AvgIpc) is 3.00. The Balaban J connectivity index is 1.55. The number of nitrogens with zero attached hydrogens (tertiary/aromatic N) is 1. The van der Waals surface area contributed by atoms with Crippen LogP contribution in [0.1, 0.15) is 62.6 Å². The fourth-order valence-corrected chi connectivity index (χ4v) is 5.14. The smallest absolute Gasteiger partial charge is 0.416 e. The van der Waals surface area contributed by atoms with Crippen molar-refractivity contribution in [3.05, 3.63) is 87.8 Å².